The number of halogens is 1. The van der Waals surface area contributed by atoms with Gasteiger partial charge in [-0.15, -0.1) is 0 Å². The maximum absolute atomic E-state index is 12.7. The number of rotatable bonds is 5. The number of nitrogens with zero attached hydrogens (tertiary/aromatic N) is 2. The Labute approximate surface area is 160 Å². The van der Waals surface area contributed by atoms with E-state index in [0.29, 0.717) is 18.0 Å². The molecule has 0 radical (unpaired) electrons. The van der Waals surface area contributed by atoms with Crippen molar-refractivity contribution in [1.82, 2.24) is 9.80 Å². The zero-order valence-electron chi connectivity index (χ0n) is 15.0. The number of aliphatic hydroxyl groups excluding tert-OH is 1. The minimum absolute atomic E-state index is 0.0176. The smallest absolute Gasteiger partial charge is 0.246 e. The van der Waals surface area contributed by atoms with Crippen LogP contribution in [-0.4, -0.2) is 72.4 Å². The van der Waals surface area contributed by atoms with Gasteiger partial charge in [-0.3, -0.25) is 9.69 Å². The van der Waals surface area contributed by atoms with Gasteiger partial charge < -0.3 is 14.7 Å². The first-order valence-electron chi connectivity index (χ1n) is 9.33. The molecular formula is C20H27ClN2O3. The zero-order valence-corrected chi connectivity index (χ0v) is 15.8. The topological polar surface area (TPSA) is 53.0 Å². The molecule has 0 bridgehead atoms. The van der Waals surface area contributed by atoms with Crippen LogP contribution >= 0.6 is 11.6 Å². The standard InChI is InChI=1S/C20H27ClN2O3/c21-17-7-5-16(6-8-17)15-18-19(24)3-1-10-23(18)20(25)4-2-9-22-11-13-26-14-12-22/h2,4-8,18-19,24H,1,3,9-15H2/b4-2+/t18-,19-/m0/s1. The Balaban J connectivity index is 1.60. The lowest BCUT2D eigenvalue weighted by molar-refractivity contribution is -0.133. The highest BCUT2D eigenvalue weighted by atomic mass is 35.5. The van der Waals surface area contributed by atoms with Gasteiger partial charge in [-0.25, -0.2) is 0 Å². The van der Waals surface area contributed by atoms with Crippen molar-refractivity contribution in [2.45, 2.75) is 31.4 Å². The van der Waals surface area contributed by atoms with Crippen molar-refractivity contribution >= 4 is 17.5 Å². The van der Waals surface area contributed by atoms with Crippen LogP contribution in [0.1, 0.15) is 18.4 Å². The Morgan fingerprint density at radius 3 is 2.69 bits per heavy atom. The molecule has 1 N–H and O–H groups in total. The third kappa shape index (κ3) is 5.30. The van der Waals surface area contributed by atoms with Crippen LogP contribution in [0.3, 0.4) is 0 Å². The van der Waals surface area contributed by atoms with Crippen LogP contribution in [0.25, 0.3) is 0 Å². The quantitative estimate of drug-likeness (QED) is 0.797. The second kappa shape index (κ2) is 9.51. The molecule has 0 saturated carbocycles. The summed E-state index contributed by atoms with van der Waals surface area (Å²) in [6, 6.07) is 7.42. The van der Waals surface area contributed by atoms with E-state index in [1.54, 1.807) is 6.08 Å². The van der Waals surface area contributed by atoms with Crippen LogP contribution in [0.4, 0.5) is 0 Å². The second-order valence-corrected chi connectivity index (χ2v) is 7.39. The molecule has 1 aromatic rings. The SMILES string of the molecule is O=C(/C=C/CN1CCOCC1)N1CCC[C@H](O)[C@@H]1Cc1ccc(Cl)cc1. The molecule has 26 heavy (non-hydrogen) atoms. The molecule has 0 aromatic heterocycles. The average Bonchev–Trinajstić information content (AvgIpc) is 2.66. The van der Waals surface area contributed by atoms with Gasteiger partial charge in [0.1, 0.15) is 0 Å². The van der Waals surface area contributed by atoms with E-state index >= 15 is 0 Å². The average molecular weight is 379 g/mol. The summed E-state index contributed by atoms with van der Waals surface area (Å²) < 4.78 is 5.34. The molecule has 1 amide bonds. The molecule has 6 heteroatoms. The van der Waals surface area contributed by atoms with Gasteiger partial charge in [0.15, 0.2) is 0 Å². The molecule has 2 heterocycles. The Morgan fingerprint density at radius 2 is 1.96 bits per heavy atom. The van der Waals surface area contributed by atoms with Crippen LogP contribution < -0.4 is 0 Å². The van der Waals surface area contributed by atoms with Crippen LogP contribution in [0.5, 0.6) is 0 Å². The number of aliphatic hydroxyl groups is 1. The fraction of sp³-hybridized carbons (Fsp3) is 0.550. The maximum Gasteiger partial charge on any atom is 0.246 e. The van der Waals surface area contributed by atoms with Crippen LogP contribution in [0.15, 0.2) is 36.4 Å². The third-order valence-electron chi connectivity index (χ3n) is 5.11. The lowest BCUT2D eigenvalue weighted by Gasteiger charge is -2.39. The molecule has 2 saturated heterocycles. The van der Waals surface area contributed by atoms with Gasteiger partial charge in [-0.05, 0) is 37.0 Å². The van der Waals surface area contributed by atoms with Crippen molar-refractivity contribution in [3.05, 3.63) is 47.0 Å². The summed E-state index contributed by atoms with van der Waals surface area (Å²) in [5, 5.41) is 11.2. The lowest BCUT2D eigenvalue weighted by Crippen LogP contribution is -2.51. The van der Waals surface area contributed by atoms with Gasteiger partial charge in [0.2, 0.25) is 5.91 Å². The molecular weight excluding hydrogens is 352 g/mol. The molecule has 2 aliphatic heterocycles. The van der Waals surface area contributed by atoms with Gasteiger partial charge >= 0.3 is 0 Å². The summed E-state index contributed by atoms with van der Waals surface area (Å²) in [5.41, 5.74) is 1.08. The molecule has 2 fully saturated rings. The van der Waals surface area contributed by atoms with Gasteiger partial charge in [0, 0.05) is 37.3 Å². The Kier molecular flexibility index (Phi) is 7.08. The molecule has 1 aromatic carbocycles. The van der Waals surface area contributed by atoms with Crippen molar-refractivity contribution in [1.29, 1.82) is 0 Å². The molecule has 142 valence electrons. The van der Waals surface area contributed by atoms with Crippen LogP contribution in [0, 0.1) is 0 Å². The van der Waals surface area contributed by atoms with E-state index in [1.807, 2.05) is 35.2 Å². The second-order valence-electron chi connectivity index (χ2n) is 6.95. The fourth-order valence-electron chi connectivity index (χ4n) is 3.60. The number of hydrogen-bond acceptors (Lipinski definition) is 4. The van der Waals surface area contributed by atoms with E-state index in [2.05, 4.69) is 4.90 Å². The maximum atomic E-state index is 12.7. The van der Waals surface area contributed by atoms with Gasteiger partial charge in [-0.1, -0.05) is 29.8 Å². The third-order valence-corrected chi connectivity index (χ3v) is 5.36. The fourth-order valence-corrected chi connectivity index (χ4v) is 3.73. The summed E-state index contributed by atoms with van der Waals surface area (Å²) in [4.78, 5) is 16.8. The van der Waals surface area contributed by atoms with Gasteiger partial charge in [0.25, 0.3) is 0 Å². The van der Waals surface area contributed by atoms with Crippen molar-refractivity contribution in [2.75, 3.05) is 39.4 Å². The predicted molar refractivity (Wildman–Crippen MR) is 102 cm³/mol. The van der Waals surface area contributed by atoms with Gasteiger partial charge in [0.05, 0.1) is 25.4 Å². The first kappa shape index (κ1) is 19.4. The monoisotopic (exact) mass is 378 g/mol. The molecule has 2 aliphatic rings. The molecule has 0 spiro atoms. The number of hydrogen-bond donors (Lipinski definition) is 1. The number of amides is 1. The predicted octanol–water partition coefficient (Wildman–Crippen LogP) is 2.12. The Morgan fingerprint density at radius 1 is 1.23 bits per heavy atom. The van der Waals surface area contributed by atoms with E-state index in [1.165, 1.54) is 0 Å². The summed E-state index contributed by atoms with van der Waals surface area (Å²) in [6.07, 6.45) is 5.30. The zero-order chi connectivity index (χ0) is 18.4. The molecule has 0 aliphatic carbocycles. The number of likely N-dealkylation sites (tertiary alicyclic amines) is 1. The van der Waals surface area contributed by atoms with Gasteiger partial charge in [-0.2, -0.15) is 0 Å². The summed E-state index contributed by atoms with van der Waals surface area (Å²) in [6.45, 7) is 4.76. The number of benzene rings is 1. The van der Waals surface area contributed by atoms with Crippen molar-refractivity contribution in [3.63, 3.8) is 0 Å². The van der Waals surface area contributed by atoms with Crippen molar-refractivity contribution in [3.8, 4) is 0 Å². The van der Waals surface area contributed by atoms with E-state index < -0.39 is 6.10 Å². The molecule has 0 unspecified atom stereocenters. The van der Waals surface area contributed by atoms with E-state index in [9.17, 15) is 9.90 Å². The summed E-state index contributed by atoms with van der Waals surface area (Å²) >= 11 is 5.95. The highest BCUT2D eigenvalue weighted by molar-refractivity contribution is 6.30. The highest BCUT2D eigenvalue weighted by Gasteiger charge is 2.32. The number of carbonyl (C=O) groups excluding carboxylic acids is 1. The van der Waals surface area contributed by atoms with E-state index in [4.69, 9.17) is 16.3 Å². The normalized spacial score (nSPS) is 24.9. The molecule has 3 rings (SSSR count). The number of ether oxygens (including phenoxy) is 1. The van der Waals surface area contributed by atoms with Crippen LogP contribution in [0.2, 0.25) is 5.02 Å². The summed E-state index contributed by atoms with van der Waals surface area (Å²) in [7, 11) is 0. The first-order chi connectivity index (χ1) is 12.6. The van der Waals surface area contributed by atoms with Crippen LogP contribution in [-0.2, 0) is 16.0 Å². The summed E-state index contributed by atoms with van der Waals surface area (Å²) in [5.74, 6) is -0.0176. The molecule has 2 atom stereocenters. The largest absolute Gasteiger partial charge is 0.391 e. The number of piperidine rings is 1. The molecule has 5 nitrogen and oxygen atoms in total. The van der Waals surface area contributed by atoms with E-state index in [0.717, 1.165) is 51.3 Å². The minimum atomic E-state index is -0.490. The Hall–Kier alpha value is -1.40. The van der Waals surface area contributed by atoms with Crippen molar-refractivity contribution < 1.29 is 14.6 Å². The van der Waals surface area contributed by atoms with Crippen molar-refractivity contribution in [2.24, 2.45) is 0 Å². The highest BCUT2D eigenvalue weighted by Crippen LogP contribution is 2.22. The number of carbonyl (C=O) groups is 1. The Bertz CT molecular complexity index is 614. The van der Waals surface area contributed by atoms with E-state index in [-0.39, 0.29) is 11.9 Å². The minimum Gasteiger partial charge on any atom is -0.391 e. The lowest BCUT2D eigenvalue weighted by atomic mass is 9.93. The first-order valence-corrected chi connectivity index (χ1v) is 9.71. The number of morpholine rings is 1.